The van der Waals surface area contributed by atoms with Gasteiger partial charge in [0.2, 0.25) is 0 Å². The van der Waals surface area contributed by atoms with Crippen LogP contribution in [0.2, 0.25) is 0 Å². The molecule has 19 heavy (non-hydrogen) atoms. The highest BCUT2D eigenvalue weighted by molar-refractivity contribution is 7.09. The first-order valence-electron chi connectivity index (χ1n) is 5.79. The van der Waals surface area contributed by atoms with Gasteiger partial charge >= 0.3 is 0 Å². The molecule has 5 nitrogen and oxygen atoms in total. The van der Waals surface area contributed by atoms with Gasteiger partial charge in [-0.1, -0.05) is 0 Å². The third kappa shape index (κ3) is 4.26. The van der Waals surface area contributed by atoms with E-state index in [9.17, 15) is 4.79 Å². The second-order valence-electron chi connectivity index (χ2n) is 3.99. The molecule has 0 aliphatic heterocycles. The van der Waals surface area contributed by atoms with Crippen LogP contribution in [0.25, 0.3) is 0 Å². The molecule has 1 amide bonds. The van der Waals surface area contributed by atoms with Crippen molar-refractivity contribution >= 4 is 22.9 Å². The largest absolute Gasteiger partial charge is 0.484 e. The fourth-order valence-electron chi connectivity index (χ4n) is 1.44. The molecule has 0 fully saturated rings. The van der Waals surface area contributed by atoms with Crippen LogP contribution < -0.4 is 15.8 Å². The SMILES string of the molecule is Cc1nc(CNC(=O)COc2ccc(N)cc2)cs1. The molecular weight excluding hydrogens is 262 g/mol. The van der Waals surface area contributed by atoms with Crippen LogP contribution in [-0.2, 0) is 11.3 Å². The summed E-state index contributed by atoms with van der Waals surface area (Å²) in [5.41, 5.74) is 7.08. The minimum absolute atomic E-state index is 0.0208. The molecule has 2 rings (SSSR count). The van der Waals surface area contributed by atoms with Crippen LogP contribution in [0.5, 0.6) is 5.75 Å². The Morgan fingerprint density at radius 1 is 1.42 bits per heavy atom. The number of hydrogen-bond donors (Lipinski definition) is 2. The Bertz CT molecular complexity index is 551. The number of ether oxygens (including phenoxy) is 1. The number of anilines is 1. The van der Waals surface area contributed by atoms with Gasteiger partial charge < -0.3 is 15.8 Å². The molecule has 1 aromatic carbocycles. The maximum Gasteiger partial charge on any atom is 0.258 e. The van der Waals surface area contributed by atoms with E-state index in [1.807, 2.05) is 12.3 Å². The van der Waals surface area contributed by atoms with Crippen molar-refractivity contribution in [2.45, 2.75) is 13.5 Å². The number of aromatic nitrogens is 1. The molecule has 0 bridgehead atoms. The Labute approximate surface area is 115 Å². The number of amides is 1. The summed E-state index contributed by atoms with van der Waals surface area (Å²) in [5.74, 6) is 0.441. The normalized spacial score (nSPS) is 10.2. The second-order valence-corrected chi connectivity index (χ2v) is 5.05. The number of nitrogens with two attached hydrogens (primary N) is 1. The Morgan fingerprint density at radius 3 is 2.79 bits per heavy atom. The van der Waals surface area contributed by atoms with Crippen molar-refractivity contribution < 1.29 is 9.53 Å². The van der Waals surface area contributed by atoms with E-state index >= 15 is 0 Å². The standard InChI is InChI=1S/C13H15N3O2S/c1-9-16-11(8-19-9)6-15-13(17)7-18-12-4-2-10(14)3-5-12/h2-5,8H,6-7,14H2,1H3,(H,15,17). The van der Waals surface area contributed by atoms with Gasteiger partial charge in [-0.2, -0.15) is 0 Å². The minimum Gasteiger partial charge on any atom is -0.484 e. The number of carbonyl (C=O) groups is 1. The second kappa shape index (κ2) is 6.19. The average Bonchev–Trinajstić information content (AvgIpc) is 2.81. The molecule has 0 atom stereocenters. The lowest BCUT2D eigenvalue weighted by molar-refractivity contribution is -0.123. The highest BCUT2D eigenvalue weighted by atomic mass is 32.1. The highest BCUT2D eigenvalue weighted by Gasteiger charge is 2.04. The van der Waals surface area contributed by atoms with Gasteiger partial charge in [-0.25, -0.2) is 4.98 Å². The molecular formula is C13H15N3O2S. The molecule has 1 aromatic heterocycles. The Kier molecular flexibility index (Phi) is 4.35. The summed E-state index contributed by atoms with van der Waals surface area (Å²) >= 11 is 1.56. The molecule has 3 N–H and O–H groups in total. The number of benzene rings is 1. The predicted octanol–water partition coefficient (Wildman–Crippen LogP) is 1.73. The van der Waals surface area contributed by atoms with Gasteiger partial charge in [-0.3, -0.25) is 4.79 Å². The van der Waals surface area contributed by atoms with Crippen molar-refractivity contribution in [2.75, 3.05) is 12.3 Å². The van der Waals surface area contributed by atoms with Crippen LogP contribution in [0.15, 0.2) is 29.6 Å². The van der Waals surface area contributed by atoms with E-state index in [2.05, 4.69) is 10.3 Å². The Morgan fingerprint density at radius 2 is 2.16 bits per heavy atom. The van der Waals surface area contributed by atoms with Crippen molar-refractivity contribution in [3.63, 3.8) is 0 Å². The van der Waals surface area contributed by atoms with Crippen LogP contribution in [0.3, 0.4) is 0 Å². The summed E-state index contributed by atoms with van der Waals surface area (Å²) in [7, 11) is 0. The Hall–Kier alpha value is -2.08. The third-order valence-electron chi connectivity index (χ3n) is 2.38. The molecule has 0 aliphatic rings. The number of thiazole rings is 1. The van der Waals surface area contributed by atoms with Crippen LogP contribution in [0.4, 0.5) is 5.69 Å². The van der Waals surface area contributed by atoms with Gasteiger partial charge in [0.25, 0.3) is 5.91 Å². The molecule has 2 aromatic rings. The molecule has 0 saturated carbocycles. The summed E-state index contributed by atoms with van der Waals surface area (Å²) in [5, 5.41) is 5.66. The van der Waals surface area contributed by atoms with Crippen molar-refractivity contribution in [2.24, 2.45) is 0 Å². The minimum atomic E-state index is -0.178. The van der Waals surface area contributed by atoms with E-state index in [0.717, 1.165) is 10.7 Å². The summed E-state index contributed by atoms with van der Waals surface area (Å²) < 4.78 is 5.33. The monoisotopic (exact) mass is 277 g/mol. The topological polar surface area (TPSA) is 77.2 Å². The van der Waals surface area contributed by atoms with E-state index in [1.54, 1.807) is 35.6 Å². The van der Waals surface area contributed by atoms with Gasteiger partial charge in [0.05, 0.1) is 17.2 Å². The average molecular weight is 277 g/mol. The zero-order chi connectivity index (χ0) is 13.7. The summed E-state index contributed by atoms with van der Waals surface area (Å²) in [6.07, 6.45) is 0. The first-order chi connectivity index (χ1) is 9.13. The zero-order valence-electron chi connectivity index (χ0n) is 10.6. The maximum atomic E-state index is 11.6. The lowest BCUT2D eigenvalue weighted by Crippen LogP contribution is -2.28. The predicted molar refractivity (Wildman–Crippen MR) is 75.0 cm³/mol. The molecule has 0 saturated heterocycles. The van der Waals surface area contributed by atoms with Gasteiger partial charge in [0.15, 0.2) is 6.61 Å². The third-order valence-corrected chi connectivity index (χ3v) is 3.21. The van der Waals surface area contributed by atoms with E-state index in [-0.39, 0.29) is 12.5 Å². The number of aryl methyl sites for hydroxylation is 1. The van der Waals surface area contributed by atoms with Crippen LogP contribution in [-0.4, -0.2) is 17.5 Å². The summed E-state index contributed by atoms with van der Waals surface area (Å²) in [6, 6.07) is 6.91. The van der Waals surface area contributed by atoms with Gasteiger partial charge in [-0.15, -0.1) is 11.3 Å². The van der Waals surface area contributed by atoms with Crippen molar-refractivity contribution in [1.29, 1.82) is 0 Å². The number of hydrogen-bond acceptors (Lipinski definition) is 5. The lowest BCUT2D eigenvalue weighted by atomic mass is 10.3. The van der Waals surface area contributed by atoms with Gasteiger partial charge in [0, 0.05) is 11.1 Å². The van der Waals surface area contributed by atoms with Gasteiger partial charge in [0.1, 0.15) is 5.75 Å². The van der Waals surface area contributed by atoms with Crippen LogP contribution >= 0.6 is 11.3 Å². The van der Waals surface area contributed by atoms with E-state index in [4.69, 9.17) is 10.5 Å². The quantitative estimate of drug-likeness (QED) is 0.816. The Balaban J connectivity index is 1.74. The van der Waals surface area contributed by atoms with E-state index in [0.29, 0.717) is 18.0 Å². The fraction of sp³-hybridized carbons (Fsp3) is 0.231. The molecule has 0 spiro atoms. The smallest absolute Gasteiger partial charge is 0.258 e. The van der Waals surface area contributed by atoms with Crippen molar-refractivity contribution in [3.05, 3.63) is 40.3 Å². The van der Waals surface area contributed by atoms with Gasteiger partial charge in [-0.05, 0) is 31.2 Å². The highest BCUT2D eigenvalue weighted by Crippen LogP contribution is 2.12. The molecule has 100 valence electrons. The first kappa shape index (κ1) is 13.4. The number of carbonyl (C=O) groups excluding carboxylic acids is 1. The number of nitrogens with one attached hydrogen (secondary N) is 1. The molecule has 0 radical (unpaired) electrons. The van der Waals surface area contributed by atoms with Crippen LogP contribution in [0.1, 0.15) is 10.7 Å². The van der Waals surface area contributed by atoms with Crippen molar-refractivity contribution in [3.8, 4) is 5.75 Å². The summed E-state index contributed by atoms with van der Waals surface area (Å²) in [4.78, 5) is 15.8. The molecule has 0 aliphatic carbocycles. The van der Waals surface area contributed by atoms with E-state index < -0.39 is 0 Å². The first-order valence-corrected chi connectivity index (χ1v) is 6.67. The fourth-order valence-corrected chi connectivity index (χ4v) is 2.06. The zero-order valence-corrected chi connectivity index (χ0v) is 11.4. The summed E-state index contributed by atoms with van der Waals surface area (Å²) in [6.45, 7) is 2.33. The van der Waals surface area contributed by atoms with Crippen molar-refractivity contribution in [1.82, 2.24) is 10.3 Å². The molecule has 0 unspecified atom stereocenters. The number of nitrogens with zero attached hydrogens (tertiary/aromatic N) is 1. The van der Waals surface area contributed by atoms with E-state index in [1.165, 1.54) is 0 Å². The lowest BCUT2D eigenvalue weighted by Gasteiger charge is -2.06. The maximum absolute atomic E-state index is 11.6. The number of rotatable bonds is 5. The van der Waals surface area contributed by atoms with Crippen LogP contribution in [0, 0.1) is 6.92 Å². The molecule has 6 heteroatoms. The molecule has 1 heterocycles. The number of nitrogen functional groups attached to an aromatic ring is 1.